The summed E-state index contributed by atoms with van der Waals surface area (Å²) in [6, 6.07) is 7.77. The van der Waals surface area contributed by atoms with Crippen LogP contribution in [0.2, 0.25) is 0 Å². The molecular weight excluding hydrogens is 244 g/mol. The highest BCUT2D eigenvalue weighted by molar-refractivity contribution is 9.10. The second-order valence-corrected chi connectivity index (χ2v) is 3.90. The molecule has 2 rings (SSSR count). The zero-order valence-corrected chi connectivity index (χ0v) is 9.21. The summed E-state index contributed by atoms with van der Waals surface area (Å²) < 4.78 is 2.30. The van der Waals surface area contributed by atoms with Gasteiger partial charge in [0, 0.05) is 6.20 Å². The van der Waals surface area contributed by atoms with Crippen LogP contribution < -0.4 is 5.69 Å². The van der Waals surface area contributed by atoms with Gasteiger partial charge in [0.25, 0.3) is 0 Å². The van der Waals surface area contributed by atoms with Crippen LogP contribution in [0.1, 0.15) is 5.56 Å². The predicted octanol–water partition coefficient (Wildman–Crippen LogP) is 2.24. The lowest BCUT2D eigenvalue weighted by atomic mass is 10.2. The van der Waals surface area contributed by atoms with Crippen LogP contribution in [0.15, 0.2) is 39.9 Å². The van der Waals surface area contributed by atoms with E-state index in [1.165, 1.54) is 5.56 Å². The molecule has 0 aliphatic heterocycles. The van der Waals surface area contributed by atoms with Gasteiger partial charge in [0.2, 0.25) is 0 Å². The molecule has 72 valence electrons. The van der Waals surface area contributed by atoms with Crippen molar-refractivity contribution in [1.29, 1.82) is 0 Å². The average molecular weight is 253 g/mol. The van der Waals surface area contributed by atoms with Gasteiger partial charge in [-0.1, -0.05) is 17.7 Å². The molecule has 3 nitrogen and oxygen atoms in total. The fourth-order valence-corrected chi connectivity index (χ4v) is 1.76. The number of aryl methyl sites for hydroxylation is 1. The minimum absolute atomic E-state index is 0.138. The zero-order chi connectivity index (χ0) is 10.1. The van der Waals surface area contributed by atoms with Crippen molar-refractivity contribution >= 4 is 15.9 Å². The molecule has 0 radical (unpaired) electrons. The van der Waals surface area contributed by atoms with E-state index in [1.54, 1.807) is 10.8 Å². The van der Waals surface area contributed by atoms with Gasteiger partial charge >= 0.3 is 5.69 Å². The summed E-state index contributed by atoms with van der Waals surface area (Å²) in [5.74, 6) is 0. The number of aromatic amines is 1. The molecule has 0 fully saturated rings. The lowest BCUT2D eigenvalue weighted by Gasteiger charge is -2.02. The second kappa shape index (κ2) is 3.46. The molecule has 4 heteroatoms. The Bertz CT molecular complexity index is 496. The van der Waals surface area contributed by atoms with Gasteiger partial charge in [0.15, 0.2) is 0 Å². The molecule has 0 aliphatic rings. The van der Waals surface area contributed by atoms with Crippen molar-refractivity contribution in [2.45, 2.75) is 6.92 Å². The average Bonchev–Trinajstić information content (AvgIpc) is 2.49. The number of imidazole rings is 1. The minimum Gasteiger partial charge on any atom is -0.311 e. The van der Waals surface area contributed by atoms with Crippen molar-refractivity contribution in [3.05, 3.63) is 51.1 Å². The summed E-state index contributed by atoms with van der Waals surface area (Å²) in [5, 5.41) is 0. The van der Waals surface area contributed by atoms with E-state index in [4.69, 9.17) is 0 Å². The largest absolute Gasteiger partial charge is 0.331 e. The molecule has 0 atom stereocenters. The number of H-pyrrole nitrogens is 1. The Morgan fingerprint density at radius 3 is 2.43 bits per heavy atom. The van der Waals surface area contributed by atoms with Gasteiger partial charge in [-0.3, -0.25) is 4.57 Å². The van der Waals surface area contributed by atoms with E-state index in [-0.39, 0.29) is 5.69 Å². The van der Waals surface area contributed by atoms with Crippen molar-refractivity contribution in [2.75, 3.05) is 0 Å². The third kappa shape index (κ3) is 1.53. The molecule has 1 heterocycles. The molecule has 1 N–H and O–H groups in total. The fourth-order valence-electron chi connectivity index (χ4n) is 1.28. The van der Waals surface area contributed by atoms with E-state index in [0.29, 0.717) is 0 Å². The smallest absolute Gasteiger partial charge is 0.311 e. The van der Waals surface area contributed by atoms with Crippen LogP contribution >= 0.6 is 15.9 Å². The normalized spacial score (nSPS) is 10.4. The lowest BCUT2D eigenvalue weighted by Crippen LogP contribution is -2.14. The molecule has 0 amide bonds. The molecular formula is C10H9BrN2O. The third-order valence-electron chi connectivity index (χ3n) is 2.02. The highest BCUT2D eigenvalue weighted by atomic mass is 79.9. The Balaban J connectivity index is 2.60. The Kier molecular flexibility index (Phi) is 2.29. The van der Waals surface area contributed by atoms with Gasteiger partial charge in [-0.25, -0.2) is 4.79 Å². The maximum atomic E-state index is 11.4. The van der Waals surface area contributed by atoms with Gasteiger partial charge < -0.3 is 4.98 Å². The first kappa shape index (κ1) is 9.27. The van der Waals surface area contributed by atoms with Crippen LogP contribution in [0.3, 0.4) is 0 Å². The maximum Gasteiger partial charge on any atom is 0.331 e. The van der Waals surface area contributed by atoms with Crippen LogP contribution in [0, 0.1) is 6.92 Å². The first-order chi connectivity index (χ1) is 6.68. The summed E-state index contributed by atoms with van der Waals surface area (Å²) in [7, 11) is 0. The lowest BCUT2D eigenvalue weighted by molar-refractivity contribution is 0.967. The summed E-state index contributed by atoms with van der Waals surface area (Å²) in [6.45, 7) is 2.01. The monoisotopic (exact) mass is 252 g/mol. The van der Waals surface area contributed by atoms with Crippen molar-refractivity contribution in [1.82, 2.24) is 9.55 Å². The van der Waals surface area contributed by atoms with Crippen LogP contribution in [0.4, 0.5) is 0 Å². The Hall–Kier alpha value is -1.29. The Labute approximate surface area is 89.5 Å². The number of aromatic nitrogens is 2. The highest BCUT2D eigenvalue weighted by Crippen LogP contribution is 2.13. The van der Waals surface area contributed by atoms with Crippen molar-refractivity contribution < 1.29 is 0 Å². The molecule has 0 saturated heterocycles. The number of nitrogens with one attached hydrogen (secondary N) is 1. The van der Waals surface area contributed by atoms with Gasteiger partial charge in [0.05, 0.1) is 5.69 Å². The fraction of sp³-hybridized carbons (Fsp3) is 0.100. The van der Waals surface area contributed by atoms with E-state index in [0.717, 1.165) is 10.3 Å². The third-order valence-corrected chi connectivity index (χ3v) is 2.61. The molecule has 0 aliphatic carbocycles. The molecule has 0 unspecified atom stereocenters. The van der Waals surface area contributed by atoms with E-state index in [2.05, 4.69) is 20.9 Å². The SMILES string of the molecule is Cc1ccc(-n2c(Br)c[nH]c2=O)cc1. The highest BCUT2D eigenvalue weighted by Gasteiger charge is 2.04. The van der Waals surface area contributed by atoms with Crippen molar-refractivity contribution in [3.63, 3.8) is 0 Å². The first-order valence-corrected chi connectivity index (χ1v) is 5.01. The zero-order valence-electron chi connectivity index (χ0n) is 7.62. The predicted molar refractivity (Wildman–Crippen MR) is 58.8 cm³/mol. The van der Waals surface area contributed by atoms with Crippen LogP contribution in [0.25, 0.3) is 5.69 Å². The summed E-state index contributed by atoms with van der Waals surface area (Å²) in [5.41, 5.74) is 1.89. The maximum absolute atomic E-state index is 11.4. The second-order valence-electron chi connectivity index (χ2n) is 3.09. The number of hydrogen-bond acceptors (Lipinski definition) is 1. The van der Waals surface area contributed by atoms with Crippen LogP contribution in [-0.4, -0.2) is 9.55 Å². The number of hydrogen-bond donors (Lipinski definition) is 1. The molecule has 1 aromatic heterocycles. The van der Waals surface area contributed by atoms with Gasteiger partial charge in [-0.15, -0.1) is 0 Å². The summed E-state index contributed by atoms with van der Waals surface area (Å²) >= 11 is 3.30. The Morgan fingerprint density at radius 1 is 1.29 bits per heavy atom. The van der Waals surface area contributed by atoms with Gasteiger partial charge in [0.1, 0.15) is 4.60 Å². The summed E-state index contributed by atoms with van der Waals surface area (Å²) in [4.78, 5) is 14.0. The Morgan fingerprint density at radius 2 is 1.93 bits per heavy atom. The molecule has 0 bridgehead atoms. The molecule has 1 aromatic carbocycles. The van der Waals surface area contributed by atoms with Crippen LogP contribution in [0.5, 0.6) is 0 Å². The van der Waals surface area contributed by atoms with Crippen LogP contribution in [-0.2, 0) is 0 Å². The van der Waals surface area contributed by atoms with E-state index < -0.39 is 0 Å². The topological polar surface area (TPSA) is 37.8 Å². The van der Waals surface area contributed by atoms with Crippen molar-refractivity contribution in [2.24, 2.45) is 0 Å². The van der Waals surface area contributed by atoms with E-state index in [9.17, 15) is 4.79 Å². The molecule has 0 saturated carbocycles. The number of nitrogens with zero attached hydrogens (tertiary/aromatic N) is 1. The van der Waals surface area contributed by atoms with Gasteiger partial charge in [-0.05, 0) is 35.0 Å². The molecule has 0 spiro atoms. The van der Waals surface area contributed by atoms with E-state index in [1.807, 2.05) is 31.2 Å². The van der Waals surface area contributed by atoms with Gasteiger partial charge in [-0.2, -0.15) is 0 Å². The molecule has 14 heavy (non-hydrogen) atoms. The van der Waals surface area contributed by atoms with E-state index >= 15 is 0 Å². The number of rotatable bonds is 1. The minimum atomic E-state index is -0.138. The number of benzene rings is 1. The van der Waals surface area contributed by atoms with Crippen molar-refractivity contribution in [3.8, 4) is 5.69 Å². The standard InChI is InChI=1S/C10H9BrN2O/c1-7-2-4-8(5-3-7)13-9(11)6-12-10(13)14/h2-6H,1H3,(H,12,14). The first-order valence-electron chi connectivity index (χ1n) is 4.21. The number of halogens is 1. The molecule has 2 aromatic rings. The quantitative estimate of drug-likeness (QED) is 0.831. The summed E-state index contributed by atoms with van der Waals surface area (Å²) in [6.07, 6.45) is 1.63.